The molecule has 0 atom stereocenters. The minimum absolute atomic E-state index is 0.273. The number of benzene rings is 2. The number of rotatable bonds is 4. The Morgan fingerprint density at radius 3 is 2.22 bits per heavy atom. The summed E-state index contributed by atoms with van der Waals surface area (Å²) >= 11 is 0. The van der Waals surface area contributed by atoms with Crippen molar-refractivity contribution in [3.8, 4) is 11.1 Å². The maximum absolute atomic E-state index is 6.15. The van der Waals surface area contributed by atoms with Crippen molar-refractivity contribution in [1.82, 2.24) is 14.5 Å². The van der Waals surface area contributed by atoms with Crippen LogP contribution in [0.4, 0.5) is 17.2 Å². The van der Waals surface area contributed by atoms with E-state index in [-0.39, 0.29) is 6.04 Å². The Hall–Kier alpha value is -3.54. The zero-order valence-corrected chi connectivity index (χ0v) is 15.2. The topological polar surface area (TPSA) is 81.5 Å². The molecule has 0 fully saturated rings. The quantitative estimate of drug-likeness (QED) is 0.478. The molecule has 0 saturated carbocycles. The third-order valence-corrected chi connectivity index (χ3v) is 4.41. The van der Waals surface area contributed by atoms with Crippen molar-refractivity contribution in [2.75, 3.05) is 5.73 Å². The van der Waals surface area contributed by atoms with E-state index in [2.05, 4.69) is 44.8 Å². The number of azo groups is 1. The van der Waals surface area contributed by atoms with Crippen LogP contribution in [0.15, 0.2) is 77.3 Å². The average molecular weight is 356 g/mol. The van der Waals surface area contributed by atoms with Crippen molar-refractivity contribution in [3.63, 3.8) is 0 Å². The minimum atomic E-state index is 0.273. The Balaban J connectivity index is 1.71. The summed E-state index contributed by atoms with van der Waals surface area (Å²) in [4.78, 5) is 8.59. The Labute approximate surface area is 157 Å². The SMILES string of the molecule is CC(C)n1cc(-c2ccc(N=Nc3ccccc3)cc2)c2c(N)ncnc21. The summed E-state index contributed by atoms with van der Waals surface area (Å²) in [5.41, 5.74) is 10.7. The number of nitrogens with zero attached hydrogens (tertiary/aromatic N) is 5. The average Bonchev–Trinajstić information content (AvgIpc) is 3.09. The van der Waals surface area contributed by atoms with E-state index in [1.54, 1.807) is 0 Å². The molecule has 0 saturated heterocycles. The van der Waals surface area contributed by atoms with Crippen molar-refractivity contribution in [2.24, 2.45) is 10.2 Å². The molecular formula is C21H20N6. The van der Waals surface area contributed by atoms with Crippen LogP contribution in [0, 0.1) is 0 Å². The van der Waals surface area contributed by atoms with Gasteiger partial charge < -0.3 is 10.3 Å². The summed E-state index contributed by atoms with van der Waals surface area (Å²) in [6.07, 6.45) is 3.59. The molecule has 0 radical (unpaired) electrons. The molecule has 4 rings (SSSR count). The van der Waals surface area contributed by atoms with Crippen LogP contribution >= 0.6 is 0 Å². The molecule has 0 aliphatic rings. The molecule has 134 valence electrons. The molecule has 6 heteroatoms. The summed E-state index contributed by atoms with van der Waals surface area (Å²) < 4.78 is 2.12. The Bertz CT molecular complexity index is 1090. The van der Waals surface area contributed by atoms with Crippen molar-refractivity contribution < 1.29 is 0 Å². The third-order valence-electron chi connectivity index (χ3n) is 4.41. The van der Waals surface area contributed by atoms with Crippen LogP contribution in [0.1, 0.15) is 19.9 Å². The van der Waals surface area contributed by atoms with Gasteiger partial charge in [-0.05, 0) is 43.7 Å². The molecule has 2 N–H and O–H groups in total. The maximum Gasteiger partial charge on any atom is 0.146 e. The first-order valence-corrected chi connectivity index (χ1v) is 8.81. The predicted molar refractivity (Wildman–Crippen MR) is 108 cm³/mol. The van der Waals surface area contributed by atoms with Gasteiger partial charge >= 0.3 is 0 Å². The third kappa shape index (κ3) is 3.29. The highest BCUT2D eigenvalue weighted by Crippen LogP contribution is 2.35. The van der Waals surface area contributed by atoms with Crippen molar-refractivity contribution in [2.45, 2.75) is 19.9 Å². The van der Waals surface area contributed by atoms with Gasteiger partial charge in [0.15, 0.2) is 0 Å². The van der Waals surface area contributed by atoms with Crippen LogP contribution in [0.2, 0.25) is 0 Å². The summed E-state index contributed by atoms with van der Waals surface area (Å²) in [6, 6.07) is 17.9. The van der Waals surface area contributed by atoms with Crippen molar-refractivity contribution >= 4 is 28.2 Å². The predicted octanol–water partition coefficient (Wildman–Crippen LogP) is 5.68. The molecule has 0 aliphatic carbocycles. The van der Waals surface area contributed by atoms with Gasteiger partial charge in [-0.15, -0.1) is 0 Å². The number of nitrogens with two attached hydrogens (primary N) is 1. The van der Waals surface area contributed by atoms with E-state index in [4.69, 9.17) is 5.73 Å². The second-order valence-corrected chi connectivity index (χ2v) is 6.58. The van der Waals surface area contributed by atoms with E-state index < -0.39 is 0 Å². The van der Waals surface area contributed by atoms with Crippen LogP contribution in [0.3, 0.4) is 0 Å². The summed E-state index contributed by atoms with van der Waals surface area (Å²) in [5.74, 6) is 0.488. The lowest BCUT2D eigenvalue weighted by Crippen LogP contribution is -2.00. The smallest absolute Gasteiger partial charge is 0.146 e. The Morgan fingerprint density at radius 1 is 0.889 bits per heavy atom. The zero-order chi connectivity index (χ0) is 18.8. The van der Waals surface area contributed by atoms with Crippen LogP contribution < -0.4 is 5.73 Å². The van der Waals surface area contributed by atoms with Crippen LogP contribution in [-0.2, 0) is 0 Å². The fourth-order valence-corrected chi connectivity index (χ4v) is 3.04. The normalized spacial score (nSPS) is 11.7. The highest BCUT2D eigenvalue weighted by Gasteiger charge is 2.16. The number of nitrogen functional groups attached to an aromatic ring is 1. The molecule has 0 aliphatic heterocycles. The first-order valence-electron chi connectivity index (χ1n) is 8.81. The Morgan fingerprint density at radius 2 is 1.56 bits per heavy atom. The second kappa shape index (κ2) is 6.99. The molecule has 4 aromatic rings. The van der Waals surface area contributed by atoms with Crippen molar-refractivity contribution in [1.29, 1.82) is 0 Å². The number of aromatic nitrogens is 3. The number of hydrogen-bond acceptors (Lipinski definition) is 5. The van der Waals surface area contributed by atoms with Gasteiger partial charge in [-0.1, -0.05) is 30.3 Å². The molecule has 2 aromatic carbocycles. The molecule has 0 amide bonds. The standard InChI is InChI=1S/C21H20N6/c1-14(2)27-12-18(19-20(22)23-13-24-21(19)27)15-8-10-17(11-9-15)26-25-16-6-4-3-5-7-16/h3-14H,1-2H3,(H2,22,23,24). The number of anilines is 1. The van der Waals surface area contributed by atoms with Gasteiger partial charge in [-0.2, -0.15) is 10.2 Å². The minimum Gasteiger partial charge on any atom is -0.383 e. The fraction of sp³-hybridized carbons (Fsp3) is 0.143. The van der Waals surface area contributed by atoms with Gasteiger partial charge in [0.25, 0.3) is 0 Å². The monoisotopic (exact) mass is 356 g/mol. The van der Waals surface area contributed by atoms with E-state index in [9.17, 15) is 0 Å². The summed E-state index contributed by atoms with van der Waals surface area (Å²) in [7, 11) is 0. The van der Waals surface area contributed by atoms with Gasteiger partial charge in [-0.25, -0.2) is 9.97 Å². The van der Waals surface area contributed by atoms with Gasteiger partial charge in [0.2, 0.25) is 0 Å². The molecule has 0 unspecified atom stereocenters. The van der Waals surface area contributed by atoms with Crippen LogP contribution in [0.25, 0.3) is 22.2 Å². The van der Waals surface area contributed by atoms with Gasteiger partial charge in [0.05, 0.1) is 16.8 Å². The molecule has 27 heavy (non-hydrogen) atoms. The van der Waals surface area contributed by atoms with Gasteiger partial charge in [0, 0.05) is 17.8 Å². The lowest BCUT2D eigenvalue weighted by atomic mass is 10.1. The molecule has 2 heterocycles. The van der Waals surface area contributed by atoms with Gasteiger partial charge in [0.1, 0.15) is 17.8 Å². The highest BCUT2D eigenvalue weighted by molar-refractivity contribution is 6.00. The van der Waals surface area contributed by atoms with E-state index in [1.807, 2.05) is 54.6 Å². The first kappa shape index (κ1) is 16.9. The molecular weight excluding hydrogens is 336 g/mol. The number of fused-ring (bicyclic) bond motifs is 1. The van der Waals surface area contributed by atoms with Gasteiger partial charge in [-0.3, -0.25) is 0 Å². The lowest BCUT2D eigenvalue weighted by molar-refractivity contribution is 0.618. The molecule has 0 spiro atoms. The zero-order valence-electron chi connectivity index (χ0n) is 15.2. The van der Waals surface area contributed by atoms with E-state index in [0.29, 0.717) is 5.82 Å². The van der Waals surface area contributed by atoms with Crippen LogP contribution in [-0.4, -0.2) is 14.5 Å². The van der Waals surface area contributed by atoms with Crippen LogP contribution in [0.5, 0.6) is 0 Å². The first-order chi connectivity index (χ1) is 13.1. The van der Waals surface area contributed by atoms with E-state index in [0.717, 1.165) is 33.5 Å². The van der Waals surface area contributed by atoms with Crippen molar-refractivity contribution in [3.05, 3.63) is 67.1 Å². The summed E-state index contributed by atoms with van der Waals surface area (Å²) in [5, 5.41) is 9.43. The van der Waals surface area contributed by atoms with E-state index in [1.165, 1.54) is 6.33 Å². The lowest BCUT2D eigenvalue weighted by Gasteiger charge is -2.07. The number of hydrogen-bond donors (Lipinski definition) is 1. The van der Waals surface area contributed by atoms with E-state index >= 15 is 0 Å². The Kier molecular flexibility index (Phi) is 4.38. The molecule has 2 aromatic heterocycles. The molecule has 6 nitrogen and oxygen atoms in total. The largest absolute Gasteiger partial charge is 0.383 e. The second-order valence-electron chi connectivity index (χ2n) is 6.58. The summed E-state index contributed by atoms with van der Waals surface area (Å²) in [6.45, 7) is 4.24. The highest BCUT2D eigenvalue weighted by atomic mass is 15.1. The fourth-order valence-electron chi connectivity index (χ4n) is 3.04. The molecule has 0 bridgehead atoms. The maximum atomic E-state index is 6.15.